The van der Waals surface area contributed by atoms with Crippen LogP contribution in [0.4, 0.5) is 4.79 Å². The van der Waals surface area contributed by atoms with Crippen LogP contribution in [0, 0.1) is 5.92 Å². The summed E-state index contributed by atoms with van der Waals surface area (Å²) in [6.45, 7) is 2.92. The molecular weight excluding hydrogens is 262 g/mol. The summed E-state index contributed by atoms with van der Waals surface area (Å²) in [4.78, 5) is 37.7. The van der Waals surface area contributed by atoms with Gasteiger partial charge in [0, 0.05) is 32.0 Å². The van der Waals surface area contributed by atoms with Crippen molar-refractivity contribution in [1.29, 1.82) is 0 Å². The predicted octanol–water partition coefficient (Wildman–Crippen LogP) is 0.359. The van der Waals surface area contributed by atoms with E-state index in [1.54, 1.807) is 11.8 Å². The van der Waals surface area contributed by atoms with E-state index in [-0.39, 0.29) is 24.8 Å². The van der Waals surface area contributed by atoms with E-state index in [1.807, 2.05) is 14.1 Å². The van der Waals surface area contributed by atoms with Gasteiger partial charge >= 0.3 is 12.0 Å². The molecule has 0 radical (unpaired) electrons. The number of carbonyl (C=O) groups excluding carboxylic acids is 2. The molecule has 1 fully saturated rings. The van der Waals surface area contributed by atoms with Crippen molar-refractivity contribution >= 4 is 17.9 Å². The summed E-state index contributed by atoms with van der Waals surface area (Å²) in [6.07, 6.45) is 0.862. The Morgan fingerprint density at radius 2 is 2.00 bits per heavy atom. The van der Waals surface area contributed by atoms with Crippen molar-refractivity contribution < 1.29 is 19.5 Å². The molecule has 7 heteroatoms. The lowest BCUT2D eigenvalue weighted by atomic mass is 10.0. The Morgan fingerprint density at radius 1 is 1.35 bits per heavy atom. The van der Waals surface area contributed by atoms with Crippen LogP contribution in [-0.4, -0.2) is 66.0 Å². The first-order valence-electron chi connectivity index (χ1n) is 6.76. The van der Waals surface area contributed by atoms with Crippen LogP contribution in [0.25, 0.3) is 0 Å². The number of amides is 3. The number of likely N-dealkylation sites (tertiary alicyclic amines) is 1. The first-order valence-corrected chi connectivity index (χ1v) is 6.76. The average Bonchev–Trinajstić information content (AvgIpc) is 2.76. The van der Waals surface area contributed by atoms with Gasteiger partial charge in [0.2, 0.25) is 5.91 Å². The van der Waals surface area contributed by atoms with Crippen LogP contribution in [0.5, 0.6) is 0 Å². The molecule has 2 atom stereocenters. The molecule has 1 saturated heterocycles. The molecule has 1 heterocycles. The molecule has 1 rings (SSSR count). The Hall–Kier alpha value is -1.63. The first kappa shape index (κ1) is 16.4. The van der Waals surface area contributed by atoms with Crippen molar-refractivity contribution in [3.63, 3.8) is 0 Å². The smallest absolute Gasteiger partial charge is 0.324 e. The molecule has 2 N–H and O–H groups in total. The molecule has 0 aliphatic carbocycles. The molecule has 0 aromatic carbocycles. The minimum atomic E-state index is -0.940. The molecule has 1 aliphatic heterocycles. The lowest BCUT2D eigenvalue weighted by molar-refractivity contribution is -0.138. The maximum atomic E-state index is 11.9. The molecule has 3 amide bonds. The van der Waals surface area contributed by atoms with Crippen LogP contribution in [0.1, 0.15) is 26.2 Å². The highest BCUT2D eigenvalue weighted by Gasteiger charge is 2.28. The van der Waals surface area contributed by atoms with E-state index in [4.69, 9.17) is 5.11 Å². The van der Waals surface area contributed by atoms with Gasteiger partial charge in [-0.2, -0.15) is 0 Å². The molecule has 0 bridgehead atoms. The van der Waals surface area contributed by atoms with E-state index in [0.29, 0.717) is 19.1 Å². The van der Waals surface area contributed by atoms with E-state index in [1.165, 1.54) is 0 Å². The zero-order valence-electron chi connectivity index (χ0n) is 12.3. The minimum absolute atomic E-state index is 0.0446. The predicted molar refractivity (Wildman–Crippen MR) is 73.2 cm³/mol. The number of carbonyl (C=O) groups is 3. The van der Waals surface area contributed by atoms with Crippen molar-refractivity contribution in [3.8, 4) is 0 Å². The molecule has 1 aliphatic rings. The van der Waals surface area contributed by atoms with Gasteiger partial charge in [0.25, 0.3) is 0 Å². The largest absolute Gasteiger partial charge is 0.481 e. The van der Waals surface area contributed by atoms with Gasteiger partial charge in [-0.25, -0.2) is 4.79 Å². The second kappa shape index (κ2) is 7.23. The topological polar surface area (TPSA) is 89.9 Å². The number of rotatable bonds is 5. The van der Waals surface area contributed by atoms with Crippen molar-refractivity contribution in [2.24, 2.45) is 5.92 Å². The lowest BCUT2D eigenvalue weighted by Gasteiger charge is -2.20. The highest BCUT2D eigenvalue weighted by Crippen LogP contribution is 2.13. The molecule has 2 unspecified atom stereocenters. The van der Waals surface area contributed by atoms with Gasteiger partial charge in [0.05, 0.1) is 0 Å². The number of aliphatic carboxylic acids is 1. The molecule has 0 aromatic rings. The van der Waals surface area contributed by atoms with Gasteiger partial charge in [-0.3, -0.25) is 14.9 Å². The van der Waals surface area contributed by atoms with Crippen LogP contribution >= 0.6 is 0 Å². The molecule has 7 nitrogen and oxygen atoms in total. The summed E-state index contributed by atoms with van der Waals surface area (Å²) >= 11 is 0. The summed E-state index contributed by atoms with van der Waals surface area (Å²) in [6, 6.07) is -0.0661. The summed E-state index contributed by atoms with van der Waals surface area (Å²) in [5, 5.41) is 10.9. The van der Waals surface area contributed by atoms with E-state index in [2.05, 4.69) is 10.2 Å². The second-order valence-electron chi connectivity index (χ2n) is 5.61. The number of nitrogens with zero attached hydrogens (tertiary/aromatic N) is 2. The highest BCUT2D eigenvalue weighted by molar-refractivity contribution is 5.94. The van der Waals surface area contributed by atoms with Crippen molar-refractivity contribution in [3.05, 3.63) is 0 Å². The fourth-order valence-corrected chi connectivity index (χ4v) is 2.28. The number of hydrogen-bond acceptors (Lipinski definition) is 4. The van der Waals surface area contributed by atoms with Gasteiger partial charge in [0.15, 0.2) is 0 Å². The molecule has 0 aromatic heterocycles. The molecular formula is C13H23N3O4. The number of carboxylic acid groups (broad SMARTS) is 1. The zero-order chi connectivity index (χ0) is 15.3. The van der Waals surface area contributed by atoms with Gasteiger partial charge in [0.1, 0.15) is 0 Å². The lowest BCUT2D eigenvalue weighted by Crippen LogP contribution is -2.43. The van der Waals surface area contributed by atoms with Crippen LogP contribution in [0.3, 0.4) is 0 Å². The van der Waals surface area contributed by atoms with Crippen LogP contribution in [-0.2, 0) is 9.59 Å². The summed E-state index contributed by atoms with van der Waals surface area (Å²) in [5.41, 5.74) is 0. The Morgan fingerprint density at radius 3 is 2.50 bits per heavy atom. The third-order valence-corrected chi connectivity index (χ3v) is 3.48. The van der Waals surface area contributed by atoms with Gasteiger partial charge in [-0.1, -0.05) is 6.92 Å². The summed E-state index contributed by atoms with van der Waals surface area (Å²) in [5.74, 6) is -1.64. The summed E-state index contributed by atoms with van der Waals surface area (Å²) in [7, 11) is 3.93. The van der Waals surface area contributed by atoms with E-state index in [9.17, 15) is 14.4 Å². The van der Waals surface area contributed by atoms with E-state index in [0.717, 1.165) is 6.42 Å². The standard InChI is InChI=1S/C13H23N3O4/c1-9(7-12(18)19)6-11(17)14-13(20)16-5-4-10(8-16)15(2)3/h9-10H,4-8H2,1-3H3,(H,18,19)(H,14,17,20). The third-order valence-electron chi connectivity index (χ3n) is 3.48. The number of urea groups is 1. The Kier molecular flexibility index (Phi) is 5.94. The third kappa shape index (κ3) is 5.16. The maximum Gasteiger partial charge on any atom is 0.324 e. The Bertz CT molecular complexity index is 384. The number of imide groups is 1. The van der Waals surface area contributed by atoms with Crippen molar-refractivity contribution in [1.82, 2.24) is 15.1 Å². The van der Waals surface area contributed by atoms with Crippen LogP contribution in [0.15, 0.2) is 0 Å². The monoisotopic (exact) mass is 285 g/mol. The first-order chi connectivity index (χ1) is 9.29. The minimum Gasteiger partial charge on any atom is -0.481 e. The molecule has 114 valence electrons. The van der Waals surface area contributed by atoms with Crippen LogP contribution < -0.4 is 5.32 Å². The SMILES string of the molecule is CC(CC(=O)O)CC(=O)NC(=O)N1CCC(N(C)C)C1. The summed E-state index contributed by atoms with van der Waals surface area (Å²) < 4.78 is 0. The van der Waals surface area contributed by atoms with Crippen molar-refractivity contribution in [2.75, 3.05) is 27.2 Å². The number of nitrogens with one attached hydrogen (secondary N) is 1. The van der Waals surface area contributed by atoms with Crippen LogP contribution in [0.2, 0.25) is 0 Å². The van der Waals surface area contributed by atoms with Gasteiger partial charge in [-0.05, 0) is 26.4 Å². The second-order valence-corrected chi connectivity index (χ2v) is 5.61. The van der Waals surface area contributed by atoms with E-state index >= 15 is 0 Å². The zero-order valence-corrected chi connectivity index (χ0v) is 12.3. The maximum absolute atomic E-state index is 11.9. The Balaban J connectivity index is 2.35. The Labute approximate surface area is 118 Å². The average molecular weight is 285 g/mol. The van der Waals surface area contributed by atoms with E-state index < -0.39 is 11.9 Å². The van der Waals surface area contributed by atoms with Gasteiger partial charge in [-0.15, -0.1) is 0 Å². The quantitative estimate of drug-likeness (QED) is 0.761. The molecule has 0 saturated carbocycles. The number of likely N-dealkylation sites (N-methyl/N-ethyl adjacent to an activating group) is 1. The number of hydrogen-bond donors (Lipinski definition) is 2. The van der Waals surface area contributed by atoms with Crippen molar-refractivity contribution in [2.45, 2.75) is 32.2 Å². The molecule has 0 spiro atoms. The van der Waals surface area contributed by atoms with Gasteiger partial charge < -0.3 is 14.9 Å². The fourth-order valence-electron chi connectivity index (χ4n) is 2.28. The fraction of sp³-hybridized carbons (Fsp3) is 0.769. The molecule has 20 heavy (non-hydrogen) atoms. The normalized spacial score (nSPS) is 20.0. The number of carboxylic acids is 1. The highest BCUT2D eigenvalue weighted by atomic mass is 16.4.